The Balaban J connectivity index is 1.82. The first-order valence-corrected chi connectivity index (χ1v) is 9.18. The fraction of sp³-hybridized carbons (Fsp3) is 0.200. The molecule has 126 valence electrons. The molecule has 5 heteroatoms. The van der Waals surface area contributed by atoms with Crippen molar-refractivity contribution in [1.82, 2.24) is 0 Å². The predicted octanol–water partition coefficient (Wildman–Crippen LogP) is 4.79. The van der Waals surface area contributed by atoms with Crippen molar-refractivity contribution < 1.29 is 14.3 Å². The van der Waals surface area contributed by atoms with E-state index in [0.717, 1.165) is 4.90 Å². The molecule has 0 spiro atoms. The van der Waals surface area contributed by atoms with Crippen molar-refractivity contribution in [3.63, 3.8) is 0 Å². The molecule has 0 radical (unpaired) electrons. The standard InChI is InChI=1S/C20H15ClO3S/c1-20(2)19(25-12-9-7-11(21)8-10-12)15-17(23)16(22)13-5-3-4-6-14(13)18(15)24-20/h3-10,19H,1-2H3. The van der Waals surface area contributed by atoms with Crippen LogP contribution in [0.5, 0.6) is 0 Å². The Labute approximate surface area is 155 Å². The highest BCUT2D eigenvalue weighted by Crippen LogP contribution is 2.50. The average molecular weight is 371 g/mol. The monoisotopic (exact) mass is 370 g/mol. The topological polar surface area (TPSA) is 43.4 Å². The fourth-order valence-corrected chi connectivity index (χ4v) is 4.59. The second-order valence-corrected chi connectivity index (χ2v) is 8.22. The third kappa shape index (κ3) is 2.60. The van der Waals surface area contributed by atoms with E-state index < -0.39 is 17.2 Å². The minimum Gasteiger partial charge on any atom is -0.485 e. The van der Waals surface area contributed by atoms with Crippen LogP contribution in [0.4, 0.5) is 0 Å². The summed E-state index contributed by atoms with van der Waals surface area (Å²) in [6.07, 6.45) is 0. The molecule has 25 heavy (non-hydrogen) atoms. The summed E-state index contributed by atoms with van der Waals surface area (Å²) < 4.78 is 6.17. The van der Waals surface area contributed by atoms with Gasteiger partial charge in [0.15, 0.2) is 0 Å². The van der Waals surface area contributed by atoms with Crippen LogP contribution < -0.4 is 0 Å². The van der Waals surface area contributed by atoms with Crippen LogP contribution in [-0.4, -0.2) is 22.4 Å². The first kappa shape index (κ1) is 16.4. The lowest BCUT2D eigenvalue weighted by Crippen LogP contribution is -2.35. The van der Waals surface area contributed by atoms with E-state index in [2.05, 4.69) is 0 Å². The Morgan fingerprint density at radius 1 is 0.960 bits per heavy atom. The summed E-state index contributed by atoms with van der Waals surface area (Å²) in [4.78, 5) is 26.3. The number of thioether (sulfide) groups is 1. The van der Waals surface area contributed by atoms with Gasteiger partial charge >= 0.3 is 0 Å². The number of hydrogen-bond acceptors (Lipinski definition) is 4. The number of fused-ring (bicyclic) bond motifs is 2. The van der Waals surface area contributed by atoms with Crippen LogP contribution in [-0.2, 0) is 9.53 Å². The number of benzene rings is 2. The van der Waals surface area contributed by atoms with Crippen LogP contribution in [0.15, 0.2) is 59.0 Å². The summed E-state index contributed by atoms with van der Waals surface area (Å²) in [7, 11) is 0. The van der Waals surface area contributed by atoms with E-state index in [4.69, 9.17) is 16.3 Å². The number of carbonyl (C=O) groups is 2. The highest BCUT2D eigenvalue weighted by atomic mass is 35.5. The largest absolute Gasteiger partial charge is 0.485 e. The smallest absolute Gasteiger partial charge is 0.234 e. The second kappa shape index (κ2) is 5.75. The van der Waals surface area contributed by atoms with Gasteiger partial charge in [0.25, 0.3) is 0 Å². The maximum Gasteiger partial charge on any atom is 0.234 e. The van der Waals surface area contributed by atoms with E-state index in [0.29, 0.717) is 27.5 Å². The molecular formula is C20H15ClO3S. The lowest BCUT2D eigenvalue weighted by atomic mass is 9.86. The van der Waals surface area contributed by atoms with Gasteiger partial charge < -0.3 is 4.74 Å². The van der Waals surface area contributed by atoms with E-state index >= 15 is 0 Å². The number of ether oxygens (including phenoxy) is 1. The number of Topliss-reactive ketones (excluding diaryl/α,β-unsaturated/α-hetero) is 2. The molecule has 1 atom stereocenters. The van der Waals surface area contributed by atoms with Gasteiger partial charge in [0.1, 0.15) is 11.4 Å². The Kier molecular flexibility index (Phi) is 3.78. The van der Waals surface area contributed by atoms with Gasteiger partial charge in [-0.2, -0.15) is 0 Å². The van der Waals surface area contributed by atoms with Gasteiger partial charge in [-0.15, -0.1) is 11.8 Å². The van der Waals surface area contributed by atoms with Crippen LogP contribution in [0.2, 0.25) is 5.02 Å². The van der Waals surface area contributed by atoms with Crippen LogP contribution in [0.1, 0.15) is 29.8 Å². The zero-order chi connectivity index (χ0) is 17.8. The molecule has 3 nitrogen and oxygen atoms in total. The maximum atomic E-state index is 12.8. The van der Waals surface area contributed by atoms with Gasteiger partial charge in [0, 0.05) is 21.0 Å². The predicted molar refractivity (Wildman–Crippen MR) is 99.0 cm³/mol. The summed E-state index contributed by atoms with van der Waals surface area (Å²) in [5, 5.41) is 0.387. The van der Waals surface area contributed by atoms with Crippen LogP contribution in [0.3, 0.4) is 0 Å². The van der Waals surface area contributed by atoms with Crippen molar-refractivity contribution in [3.05, 3.63) is 70.3 Å². The van der Waals surface area contributed by atoms with E-state index in [1.54, 1.807) is 12.1 Å². The second-order valence-electron chi connectivity index (χ2n) is 6.60. The van der Waals surface area contributed by atoms with Crippen molar-refractivity contribution in [1.29, 1.82) is 0 Å². The number of hydrogen-bond donors (Lipinski definition) is 0. The molecule has 2 aliphatic rings. The fourth-order valence-electron chi connectivity index (χ4n) is 3.23. The number of halogens is 1. The minimum absolute atomic E-state index is 0.270. The normalized spacial score (nSPS) is 21.0. The molecule has 2 aromatic rings. The zero-order valence-electron chi connectivity index (χ0n) is 13.7. The molecule has 1 aliphatic carbocycles. The highest BCUT2D eigenvalue weighted by molar-refractivity contribution is 8.00. The minimum atomic E-state index is -0.609. The maximum absolute atomic E-state index is 12.8. The van der Waals surface area contributed by atoms with Crippen molar-refractivity contribution >= 4 is 40.7 Å². The Morgan fingerprint density at radius 2 is 1.60 bits per heavy atom. The molecule has 0 N–H and O–H groups in total. The Bertz CT molecular complexity index is 928. The molecule has 0 aromatic heterocycles. The van der Waals surface area contributed by atoms with Gasteiger partial charge in [0.05, 0.1) is 10.8 Å². The quantitative estimate of drug-likeness (QED) is 0.713. The molecule has 0 saturated heterocycles. The summed E-state index contributed by atoms with van der Waals surface area (Å²) in [5.41, 5.74) is 0.977. The summed E-state index contributed by atoms with van der Waals surface area (Å²) >= 11 is 7.47. The average Bonchev–Trinajstić information content (AvgIpc) is 2.86. The zero-order valence-corrected chi connectivity index (χ0v) is 15.3. The molecule has 0 saturated carbocycles. The Morgan fingerprint density at radius 3 is 2.28 bits per heavy atom. The number of ketones is 2. The lowest BCUT2D eigenvalue weighted by Gasteiger charge is -2.27. The lowest BCUT2D eigenvalue weighted by molar-refractivity contribution is -0.112. The van der Waals surface area contributed by atoms with Crippen LogP contribution in [0, 0.1) is 0 Å². The summed E-state index contributed by atoms with van der Waals surface area (Å²) in [6.45, 7) is 3.89. The van der Waals surface area contributed by atoms with Gasteiger partial charge in [0.2, 0.25) is 11.6 Å². The summed E-state index contributed by atoms with van der Waals surface area (Å²) in [6, 6.07) is 14.6. The molecule has 0 amide bonds. The first-order valence-electron chi connectivity index (χ1n) is 7.92. The van der Waals surface area contributed by atoms with E-state index in [1.807, 2.05) is 50.2 Å². The third-order valence-corrected chi connectivity index (χ3v) is 6.27. The van der Waals surface area contributed by atoms with E-state index in [9.17, 15) is 9.59 Å². The van der Waals surface area contributed by atoms with E-state index in [-0.39, 0.29) is 5.25 Å². The SMILES string of the molecule is CC1(C)OC2=C(C(=O)C(=O)c3ccccc32)C1Sc1ccc(Cl)cc1. The molecule has 0 bridgehead atoms. The Hall–Kier alpha value is -2.04. The molecule has 4 rings (SSSR count). The highest BCUT2D eigenvalue weighted by Gasteiger charge is 2.51. The van der Waals surface area contributed by atoms with Crippen molar-refractivity contribution in [3.8, 4) is 0 Å². The van der Waals surface area contributed by atoms with Gasteiger partial charge in [-0.25, -0.2) is 0 Å². The van der Waals surface area contributed by atoms with Crippen molar-refractivity contribution in [2.45, 2.75) is 29.6 Å². The molecule has 2 aromatic carbocycles. The van der Waals surface area contributed by atoms with Crippen LogP contribution in [0.25, 0.3) is 5.76 Å². The molecular weight excluding hydrogens is 356 g/mol. The van der Waals surface area contributed by atoms with E-state index in [1.165, 1.54) is 11.8 Å². The molecule has 0 fully saturated rings. The van der Waals surface area contributed by atoms with Crippen LogP contribution >= 0.6 is 23.4 Å². The molecule has 1 aliphatic heterocycles. The van der Waals surface area contributed by atoms with Gasteiger partial charge in [-0.3, -0.25) is 9.59 Å². The number of rotatable bonds is 2. The number of carbonyl (C=O) groups excluding carboxylic acids is 2. The molecule has 1 heterocycles. The van der Waals surface area contributed by atoms with Crippen molar-refractivity contribution in [2.24, 2.45) is 0 Å². The van der Waals surface area contributed by atoms with Gasteiger partial charge in [-0.05, 0) is 38.1 Å². The third-order valence-electron chi connectivity index (χ3n) is 4.44. The van der Waals surface area contributed by atoms with Crippen molar-refractivity contribution in [2.75, 3.05) is 0 Å². The van der Waals surface area contributed by atoms with Gasteiger partial charge in [-0.1, -0.05) is 35.9 Å². The first-order chi connectivity index (χ1) is 11.9. The summed E-state index contributed by atoms with van der Waals surface area (Å²) in [5.74, 6) is -0.389. The molecule has 1 unspecified atom stereocenters.